The van der Waals surface area contributed by atoms with Crippen LogP contribution in [0.25, 0.3) is 11.1 Å². The molecule has 0 saturated carbocycles. The van der Waals surface area contributed by atoms with Crippen molar-refractivity contribution in [2.75, 3.05) is 0 Å². The molecule has 0 amide bonds. The fourth-order valence-corrected chi connectivity index (χ4v) is 2.07. The lowest BCUT2D eigenvalue weighted by Gasteiger charge is -2.16. The van der Waals surface area contributed by atoms with E-state index in [1.165, 1.54) is 6.07 Å². The fraction of sp³-hybridized carbons (Fsp3) is 0.200. The Bertz CT molecular complexity index is 718. The first-order valence-electron chi connectivity index (χ1n) is 6.32. The van der Waals surface area contributed by atoms with Gasteiger partial charge >= 0.3 is 19.0 Å². The van der Waals surface area contributed by atoms with Gasteiger partial charge in [0.2, 0.25) is 0 Å². The Labute approximate surface area is 130 Å². The van der Waals surface area contributed by atoms with Crippen LogP contribution in [0.4, 0.5) is 35.1 Å². The van der Waals surface area contributed by atoms with Gasteiger partial charge in [0.1, 0.15) is 5.75 Å². The Morgan fingerprint density at radius 1 is 0.792 bits per heavy atom. The summed E-state index contributed by atoms with van der Waals surface area (Å²) in [4.78, 5) is 0. The van der Waals surface area contributed by atoms with Crippen molar-refractivity contribution in [3.05, 3.63) is 53.6 Å². The minimum Gasteiger partial charge on any atom is -0.435 e. The van der Waals surface area contributed by atoms with E-state index in [1.807, 2.05) is 0 Å². The summed E-state index contributed by atoms with van der Waals surface area (Å²) in [5, 5.41) is 0. The molecular formula is C15H8F8O. The molecule has 0 saturated heterocycles. The van der Waals surface area contributed by atoms with E-state index < -0.39 is 47.0 Å². The molecule has 2 aromatic carbocycles. The van der Waals surface area contributed by atoms with Gasteiger partial charge in [0.25, 0.3) is 0 Å². The number of hydrogen-bond donors (Lipinski definition) is 0. The van der Waals surface area contributed by atoms with Gasteiger partial charge in [0, 0.05) is 0 Å². The van der Waals surface area contributed by atoms with E-state index in [9.17, 15) is 35.1 Å². The van der Waals surface area contributed by atoms with Crippen molar-refractivity contribution in [1.29, 1.82) is 0 Å². The Balaban J connectivity index is 2.66. The third-order valence-electron chi connectivity index (χ3n) is 3.00. The molecule has 0 atom stereocenters. The maximum atomic E-state index is 13.0. The average Bonchev–Trinajstić information content (AvgIpc) is 2.44. The van der Waals surface area contributed by atoms with E-state index >= 15 is 0 Å². The molecule has 0 radical (unpaired) electrons. The Morgan fingerprint density at radius 3 is 1.96 bits per heavy atom. The smallest absolute Gasteiger partial charge is 0.417 e. The lowest BCUT2D eigenvalue weighted by atomic mass is 9.97. The summed E-state index contributed by atoms with van der Waals surface area (Å²) in [6.07, 6.45) is -9.77. The van der Waals surface area contributed by atoms with Crippen LogP contribution < -0.4 is 4.74 Å². The molecule has 0 aromatic heterocycles. The molecule has 0 aliphatic rings. The lowest BCUT2D eigenvalue weighted by molar-refractivity contribution is -0.138. The van der Waals surface area contributed by atoms with Crippen LogP contribution in [0, 0.1) is 0 Å². The standard InChI is InChI=1S/C15H8F8O/c16-13(17)24-10-6-8(5-9(7-10)14(18,19)20)11-3-1-2-4-12(11)15(21,22)23/h1-7,13H. The normalized spacial score (nSPS) is 12.5. The van der Waals surface area contributed by atoms with E-state index in [0.29, 0.717) is 24.3 Å². The van der Waals surface area contributed by atoms with Gasteiger partial charge in [-0.3, -0.25) is 0 Å². The Morgan fingerprint density at radius 2 is 1.42 bits per heavy atom. The van der Waals surface area contributed by atoms with Crippen molar-refractivity contribution >= 4 is 0 Å². The van der Waals surface area contributed by atoms with E-state index in [0.717, 1.165) is 12.1 Å². The van der Waals surface area contributed by atoms with E-state index in [2.05, 4.69) is 4.74 Å². The predicted octanol–water partition coefficient (Wildman–Crippen LogP) is 5.99. The first-order valence-corrected chi connectivity index (χ1v) is 6.32. The van der Waals surface area contributed by atoms with Crippen molar-refractivity contribution < 1.29 is 39.9 Å². The molecule has 0 N–H and O–H groups in total. The Hall–Kier alpha value is -2.32. The van der Waals surface area contributed by atoms with Gasteiger partial charge in [-0.1, -0.05) is 18.2 Å². The summed E-state index contributed by atoms with van der Waals surface area (Å²) in [7, 11) is 0. The molecule has 1 nitrogen and oxygen atoms in total. The highest BCUT2D eigenvalue weighted by molar-refractivity contribution is 5.70. The minimum absolute atomic E-state index is 0.297. The number of ether oxygens (including phenoxy) is 1. The number of benzene rings is 2. The van der Waals surface area contributed by atoms with Gasteiger partial charge in [-0.2, -0.15) is 35.1 Å². The third kappa shape index (κ3) is 4.15. The van der Waals surface area contributed by atoms with Gasteiger partial charge in [0.15, 0.2) is 0 Å². The van der Waals surface area contributed by atoms with Gasteiger partial charge in [0.05, 0.1) is 11.1 Å². The largest absolute Gasteiger partial charge is 0.435 e. The topological polar surface area (TPSA) is 9.23 Å². The van der Waals surface area contributed by atoms with E-state index in [1.54, 1.807) is 0 Å². The quantitative estimate of drug-likeness (QED) is 0.614. The second-order valence-corrected chi connectivity index (χ2v) is 4.67. The van der Waals surface area contributed by atoms with E-state index in [4.69, 9.17) is 0 Å². The first-order chi connectivity index (χ1) is 11.0. The summed E-state index contributed by atoms with van der Waals surface area (Å²) in [5.41, 5.74) is -3.69. The molecule has 0 fully saturated rings. The van der Waals surface area contributed by atoms with Crippen molar-refractivity contribution in [3.63, 3.8) is 0 Å². The van der Waals surface area contributed by atoms with Crippen molar-refractivity contribution in [2.24, 2.45) is 0 Å². The summed E-state index contributed by atoms with van der Waals surface area (Å²) in [5.74, 6) is -0.883. The zero-order valence-corrected chi connectivity index (χ0v) is 11.6. The lowest BCUT2D eigenvalue weighted by Crippen LogP contribution is -2.10. The van der Waals surface area contributed by atoms with Crippen molar-refractivity contribution in [2.45, 2.75) is 19.0 Å². The molecule has 0 unspecified atom stereocenters. The second kappa shape index (κ2) is 6.29. The minimum atomic E-state index is -4.94. The Kier molecular flexibility index (Phi) is 4.73. The zero-order valence-electron chi connectivity index (χ0n) is 11.6. The highest BCUT2D eigenvalue weighted by atomic mass is 19.4. The molecular weight excluding hydrogens is 348 g/mol. The summed E-state index contributed by atoms with van der Waals surface area (Å²) < 4.78 is 106. The SMILES string of the molecule is FC(F)Oc1cc(-c2ccccc2C(F)(F)F)cc(C(F)(F)F)c1. The summed E-state index contributed by atoms with van der Waals surface area (Å²) in [6, 6.07) is 5.34. The first kappa shape index (κ1) is 18.0. The summed E-state index contributed by atoms with van der Waals surface area (Å²) >= 11 is 0. The molecule has 9 heteroatoms. The van der Waals surface area contributed by atoms with Crippen LogP contribution in [0.15, 0.2) is 42.5 Å². The van der Waals surface area contributed by atoms with Crippen LogP contribution in [0.1, 0.15) is 11.1 Å². The van der Waals surface area contributed by atoms with Crippen LogP contribution in [0.2, 0.25) is 0 Å². The van der Waals surface area contributed by atoms with Crippen LogP contribution in [0.3, 0.4) is 0 Å². The van der Waals surface area contributed by atoms with E-state index in [-0.39, 0.29) is 0 Å². The maximum Gasteiger partial charge on any atom is 0.417 e. The van der Waals surface area contributed by atoms with Gasteiger partial charge < -0.3 is 4.74 Å². The maximum absolute atomic E-state index is 13.0. The summed E-state index contributed by atoms with van der Waals surface area (Å²) in [6.45, 7) is -3.42. The molecule has 2 aromatic rings. The molecule has 0 bridgehead atoms. The molecule has 24 heavy (non-hydrogen) atoms. The van der Waals surface area contributed by atoms with Gasteiger partial charge in [-0.15, -0.1) is 0 Å². The number of halogens is 8. The molecule has 130 valence electrons. The van der Waals surface area contributed by atoms with Gasteiger partial charge in [-0.05, 0) is 35.4 Å². The van der Waals surface area contributed by atoms with Crippen LogP contribution in [-0.2, 0) is 12.4 Å². The number of rotatable bonds is 3. The monoisotopic (exact) mass is 356 g/mol. The average molecular weight is 356 g/mol. The van der Waals surface area contributed by atoms with Crippen LogP contribution >= 0.6 is 0 Å². The molecule has 0 aliphatic heterocycles. The van der Waals surface area contributed by atoms with Crippen molar-refractivity contribution in [1.82, 2.24) is 0 Å². The zero-order chi connectivity index (χ0) is 18.1. The third-order valence-corrected chi connectivity index (χ3v) is 3.00. The highest BCUT2D eigenvalue weighted by Crippen LogP contribution is 2.40. The molecule has 0 aliphatic carbocycles. The number of hydrogen-bond acceptors (Lipinski definition) is 1. The predicted molar refractivity (Wildman–Crippen MR) is 68.5 cm³/mol. The number of alkyl halides is 8. The molecule has 0 heterocycles. The fourth-order valence-electron chi connectivity index (χ4n) is 2.07. The molecule has 0 spiro atoms. The van der Waals surface area contributed by atoms with Crippen LogP contribution in [0.5, 0.6) is 5.75 Å². The molecule has 2 rings (SSSR count). The van der Waals surface area contributed by atoms with Crippen molar-refractivity contribution in [3.8, 4) is 16.9 Å². The van der Waals surface area contributed by atoms with Crippen LogP contribution in [-0.4, -0.2) is 6.61 Å². The highest BCUT2D eigenvalue weighted by Gasteiger charge is 2.35. The second-order valence-electron chi connectivity index (χ2n) is 4.67. The van der Waals surface area contributed by atoms with Gasteiger partial charge in [-0.25, -0.2) is 0 Å².